The summed E-state index contributed by atoms with van der Waals surface area (Å²) in [7, 11) is 1.63. The van der Waals surface area contributed by atoms with E-state index in [2.05, 4.69) is 5.32 Å². The number of benzene rings is 1. The van der Waals surface area contributed by atoms with E-state index in [4.69, 9.17) is 16.2 Å². The van der Waals surface area contributed by atoms with Crippen LogP contribution in [0.4, 0.5) is 0 Å². The number of para-hydroxylation sites is 1. The van der Waals surface area contributed by atoms with Crippen LogP contribution in [0.2, 0.25) is 0 Å². The second-order valence-electron chi connectivity index (χ2n) is 3.88. The van der Waals surface area contributed by atoms with Gasteiger partial charge in [-0.1, -0.05) is 18.2 Å². The van der Waals surface area contributed by atoms with Crippen LogP contribution in [0.25, 0.3) is 0 Å². The summed E-state index contributed by atoms with van der Waals surface area (Å²) in [5.74, 6) is 0.296. The van der Waals surface area contributed by atoms with Crippen LogP contribution in [-0.2, 0) is 4.79 Å². The molecular formula is C12H19N3O2. The molecule has 5 N–H and O–H groups in total. The van der Waals surface area contributed by atoms with Crippen molar-refractivity contribution in [2.75, 3.05) is 13.7 Å². The Morgan fingerprint density at radius 3 is 2.71 bits per heavy atom. The average molecular weight is 237 g/mol. The standard InChI is InChI=1S/C12H19N3O2/c1-8(15-7-10(13)12(14)16)9-5-3-4-6-11(9)17-2/h3-6,8,10,15H,7,13H2,1-2H3,(H2,14,16)/t8-,10?/m0/s1. The third-order valence-corrected chi connectivity index (χ3v) is 2.61. The van der Waals surface area contributed by atoms with Crippen LogP contribution in [0.5, 0.6) is 5.75 Å². The summed E-state index contributed by atoms with van der Waals surface area (Å²) in [6.45, 7) is 2.32. The number of ether oxygens (including phenoxy) is 1. The maximum atomic E-state index is 10.8. The molecule has 1 amide bonds. The smallest absolute Gasteiger partial charge is 0.235 e. The molecule has 0 heterocycles. The molecule has 0 fully saturated rings. The Balaban J connectivity index is 2.63. The summed E-state index contributed by atoms with van der Waals surface area (Å²) in [5.41, 5.74) is 11.7. The number of rotatable bonds is 6. The van der Waals surface area contributed by atoms with Crippen molar-refractivity contribution in [3.8, 4) is 5.75 Å². The normalized spacial score (nSPS) is 14.1. The summed E-state index contributed by atoms with van der Waals surface area (Å²) >= 11 is 0. The Morgan fingerprint density at radius 1 is 1.47 bits per heavy atom. The van der Waals surface area contributed by atoms with Crippen LogP contribution in [0.3, 0.4) is 0 Å². The molecule has 17 heavy (non-hydrogen) atoms. The molecule has 2 atom stereocenters. The SMILES string of the molecule is COc1ccccc1[C@H](C)NCC(N)C(N)=O. The lowest BCUT2D eigenvalue weighted by Crippen LogP contribution is -2.44. The Labute approximate surface area is 101 Å². The quantitative estimate of drug-likeness (QED) is 0.657. The number of hydrogen-bond donors (Lipinski definition) is 3. The largest absolute Gasteiger partial charge is 0.496 e. The number of carbonyl (C=O) groups excluding carboxylic acids is 1. The molecule has 94 valence electrons. The Morgan fingerprint density at radius 2 is 2.12 bits per heavy atom. The third-order valence-electron chi connectivity index (χ3n) is 2.61. The lowest BCUT2D eigenvalue weighted by molar-refractivity contribution is -0.119. The highest BCUT2D eigenvalue weighted by atomic mass is 16.5. The fourth-order valence-corrected chi connectivity index (χ4v) is 1.54. The van der Waals surface area contributed by atoms with E-state index in [9.17, 15) is 4.79 Å². The number of hydrogen-bond acceptors (Lipinski definition) is 4. The van der Waals surface area contributed by atoms with Gasteiger partial charge in [-0.2, -0.15) is 0 Å². The van der Waals surface area contributed by atoms with Gasteiger partial charge < -0.3 is 21.5 Å². The maximum Gasteiger partial charge on any atom is 0.235 e. The minimum Gasteiger partial charge on any atom is -0.496 e. The molecule has 0 aliphatic heterocycles. The van der Waals surface area contributed by atoms with Gasteiger partial charge in [-0.15, -0.1) is 0 Å². The van der Waals surface area contributed by atoms with E-state index in [0.717, 1.165) is 11.3 Å². The Bertz CT molecular complexity index is 382. The Kier molecular flexibility index (Phi) is 4.93. The molecule has 0 spiro atoms. The highest BCUT2D eigenvalue weighted by molar-refractivity contribution is 5.79. The monoisotopic (exact) mass is 237 g/mol. The summed E-state index contributed by atoms with van der Waals surface area (Å²) in [5, 5.41) is 3.15. The second kappa shape index (κ2) is 6.22. The molecule has 0 saturated heterocycles. The van der Waals surface area contributed by atoms with E-state index in [-0.39, 0.29) is 6.04 Å². The topological polar surface area (TPSA) is 90.4 Å². The first kappa shape index (κ1) is 13.5. The number of primary amides is 1. The van der Waals surface area contributed by atoms with Crippen LogP contribution in [0.15, 0.2) is 24.3 Å². The van der Waals surface area contributed by atoms with Crippen molar-refractivity contribution in [2.24, 2.45) is 11.5 Å². The van der Waals surface area contributed by atoms with Gasteiger partial charge in [-0.3, -0.25) is 4.79 Å². The van der Waals surface area contributed by atoms with E-state index < -0.39 is 11.9 Å². The Hall–Kier alpha value is -1.59. The molecule has 0 radical (unpaired) electrons. The van der Waals surface area contributed by atoms with Crippen molar-refractivity contribution in [2.45, 2.75) is 19.0 Å². The van der Waals surface area contributed by atoms with E-state index in [1.807, 2.05) is 31.2 Å². The molecule has 5 nitrogen and oxygen atoms in total. The average Bonchev–Trinajstić information content (AvgIpc) is 2.35. The van der Waals surface area contributed by atoms with Crippen LogP contribution < -0.4 is 21.5 Å². The van der Waals surface area contributed by atoms with Crippen LogP contribution in [0, 0.1) is 0 Å². The first-order chi connectivity index (χ1) is 8.06. The number of methoxy groups -OCH3 is 1. The van der Waals surface area contributed by atoms with Crippen LogP contribution >= 0.6 is 0 Å². The molecule has 1 aromatic rings. The van der Waals surface area contributed by atoms with Gasteiger partial charge in [-0.25, -0.2) is 0 Å². The molecule has 0 aliphatic rings. The molecule has 1 aromatic carbocycles. The molecule has 0 saturated carbocycles. The highest BCUT2D eigenvalue weighted by Gasteiger charge is 2.13. The van der Waals surface area contributed by atoms with E-state index in [1.165, 1.54) is 0 Å². The molecule has 0 aliphatic carbocycles. The van der Waals surface area contributed by atoms with Crippen molar-refractivity contribution in [3.05, 3.63) is 29.8 Å². The predicted octanol–water partition coefficient (Wildman–Crippen LogP) is 0.158. The van der Waals surface area contributed by atoms with Gasteiger partial charge in [-0.05, 0) is 13.0 Å². The molecule has 1 rings (SSSR count). The summed E-state index contributed by atoms with van der Waals surface area (Å²) in [6.07, 6.45) is 0. The highest BCUT2D eigenvalue weighted by Crippen LogP contribution is 2.23. The van der Waals surface area contributed by atoms with Crippen molar-refractivity contribution in [1.82, 2.24) is 5.32 Å². The fourth-order valence-electron chi connectivity index (χ4n) is 1.54. The van der Waals surface area contributed by atoms with Gasteiger partial charge in [0.15, 0.2) is 0 Å². The predicted molar refractivity (Wildman–Crippen MR) is 66.6 cm³/mol. The second-order valence-corrected chi connectivity index (χ2v) is 3.88. The lowest BCUT2D eigenvalue weighted by Gasteiger charge is -2.18. The van der Waals surface area contributed by atoms with Crippen LogP contribution in [0.1, 0.15) is 18.5 Å². The van der Waals surface area contributed by atoms with Gasteiger partial charge in [0, 0.05) is 18.2 Å². The fraction of sp³-hybridized carbons (Fsp3) is 0.417. The first-order valence-corrected chi connectivity index (χ1v) is 5.47. The zero-order chi connectivity index (χ0) is 12.8. The van der Waals surface area contributed by atoms with Gasteiger partial charge in [0.05, 0.1) is 13.2 Å². The molecular weight excluding hydrogens is 218 g/mol. The third kappa shape index (κ3) is 3.72. The number of nitrogens with two attached hydrogens (primary N) is 2. The van der Waals surface area contributed by atoms with E-state index in [1.54, 1.807) is 7.11 Å². The summed E-state index contributed by atoms with van der Waals surface area (Å²) in [6, 6.07) is 7.06. The van der Waals surface area contributed by atoms with Gasteiger partial charge >= 0.3 is 0 Å². The zero-order valence-corrected chi connectivity index (χ0v) is 10.1. The van der Waals surface area contributed by atoms with Gasteiger partial charge in [0.25, 0.3) is 0 Å². The lowest BCUT2D eigenvalue weighted by atomic mass is 10.1. The number of carbonyl (C=O) groups is 1. The van der Waals surface area contributed by atoms with Crippen molar-refractivity contribution >= 4 is 5.91 Å². The van der Waals surface area contributed by atoms with Crippen molar-refractivity contribution < 1.29 is 9.53 Å². The molecule has 0 bridgehead atoms. The minimum absolute atomic E-state index is 0.0385. The van der Waals surface area contributed by atoms with E-state index >= 15 is 0 Å². The van der Waals surface area contributed by atoms with Crippen LogP contribution in [-0.4, -0.2) is 25.6 Å². The van der Waals surface area contributed by atoms with Crippen molar-refractivity contribution in [3.63, 3.8) is 0 Å². The summed E-state index contributed by atoms with van der Waals surface area (Å²) < 4.78 is 5.26. The number of nitrogens with one attached hydrogen (secondary N) is 1. The van der Waals surface area contributed by atoms with Crippen molar-refractivity contribution in [1.29, 1.82) is 0 Å². The molecule has 5 heteroatoms. The van der Waals surface area contributed by atoms with Gasteiger partial charge in [0.1, 0.15) is 5.75 Å². The molecule has 1 unspecified atom stereocenters. The zero-order valence-electron chi connectivity index (χ0n) is 10.1. The van der Waals surface area contributed by atoms with Gasteiger partial charge in [0.2, 0.25) is 5.91 Å². The minimum atomic E-state index is -0.674. The summed E-state index contributed by atoms with van der Waals surface area (Å²) in [4.78, 5) is 10.8. The maximum absolute atomic E-state index is 10.8. The van der Waals surface area contributed by atoms with E-state index in [0.29, 0.717) is 6.54 Å². The first-order valence-electron chi connectivity index (χ1n) is 5.47. The molecule has 0 aromatic heterocycles. The number of amides is 1.